The minimum atomic E-state index is -0.457. The molecule has 1 aromatic carbocycles. The maximum atomic E-state index is 10.3. The van der Waals surface area contributed by atoms with Gasteiger partial charge in [0, 0.05) is 19.2 Å². The molecule has 1 heterocycles. The van der Waals surface area contributed by atoms with Crippen molar-refractivity contribution in [3.05, 3.63) is 35.4 Å². The highest BCUT2D eigenvalue weighted by atomic mass is 16.5. The molecule has 2 N–H and O–H groups in total. The van der Waals surface area contributed by atoms with E-state index in [1.54, 1.807) is 0 Å². The van der Waals surface area contributed by atoms with E-state index in [-0.39, 0.29) is 0 Å². The number of aliphatic hydroxyl groups is 1. The van der Waals surface area contributed by atoms with Gasteiger partial charge in [0.2, 0.25) is 0 Å². The Balaban J connectivity index is 1.80. The van der Waals surface area contributed by atoms with Gasteiger partial charge in [-0.25, -0.2) is 0 Å². The summed E-state index contributed by atoms with van der Waals surface area (Å²) in [5, 5.41) is 13.7. The molecule has 3 unspecified atom stereocenters. The molecule has 3 atom stereocenters. The van der Waals surface area contributed by atoms with Gasteiger partial charge in [0.25, 0.3) is 0 Å². The fourth-order valence-corrected chi connectivity index (χ4v) is 2.89. The fourth-order valence-electron chi connectivity index (χ4n) is 2.89. The lowest BCUT2D eigenvalue weighted by Crippen LogP contribution is -2.39. The van der Waals surface area contributed by atoms with Crippen LogP contribution in [0, 0.1) is 5.92 Å². The molecule has 1 aliphatic rings. The molecule has 1 saturated heterocycles. The normalized spacial score (nSPS) is 21.7. The summed E-state index contributed by atoms with van der Waals surface area (Å²) in [5.41, 5.74) is 2.32. The predicted octanol–water partition coefficient (Wildman–Crippen LogP) is 3.08. The Bertz CT molecular complexity index is 410. The Morgan fingerprint density at radius 2 is 1.95 bits per heavy atom. The molecule has 0 spiro atoms. The van der Waals surface area contributed by atoms with Crippen LogP contribution >= 0.6 is 0 Å². The van der Waals surface area contributed by atoms with Gasteiger partial charge in [-0.15, -0.1) is 0 Å². The van der Waals surface area contributed by atoms with E-state index >= 15 is 0 Å². The first-order chi connectivity index (χ1) is 10.1. The minimum Gasteiger partial charge on any atom is -0.387 e. The van der Waals surface area contributed by atoms with Crippen LogP contribution in [-0.2, 0) is 11.2 Å². The van der Waals surface area contributed by atoms with Crippen molar-refractivity contribution in [2.24, 2.45) is 5.92 Å². The van der Waals surface area contributed by atoms with E-state index in [1.807, 2.05) is 12.1 Å². The third-order valence-corrected chi connectivity index (χ3v) is 4.16. The fraction of sp³-hybridized carbons (Fsp3) is 0.667. The van der Waals surface area contributed by atoms with Crippen molar-refractivity contribution in [1.29, 1.82) is 0 Å². The average molecular weight is 291 g/mol. The second-order valence-electron chi connectivity index (χ2n) is 6.60. The van der Waals surface area contributed by atoms with Gasteiger partial charge in [0.1, 0.15) is 0 Å². The van der Waals surface area contributed by atoms with Gasteiger partial charge in [0.15, 0.2) is 0 Å². The standard InChI is InChI=1S/C18H29NO2/c1-13(2)11-15-6-8-16(9-7-15)17(20)12-19-14(3)18-5-4-10-21-18/h6-9,13-14,17-20H,4-5,10-12H2,1-3H3. The SMILES string of the molecule is CC(C)Cc1ccc(C(O)CNC(C)C2CCCO2)cc1. The quantitative estimate of drug-likeness (QED) is 0.811. The van der Waals surface area contributed by atoms with Gasteiger partial charge in [-0.05, 0) is 43.2 Å². The second kappa shape index (κ2) is 7.92. The van der Waals surface area contributed by atoms with Crippen molar-refractivity contribution < 1.29 is 9.84 Å². The zero-order valence-corrected chi connectivity index (χ0v) is 13.5. The van der Waals surface area contributed by atoms with E-state index in [9.17, 15) is 5.11 Å². The van der Waals surface area contributed by atoms with Crippen LogP contribution in [-0.4, -0.2) is 30.4 Å². The van der Waals surface area contributed by atoms with Crippen molar-refractivity contribution in [3.63, 3.8) is 0 Å². The average Bonchev–Trinajstić information content (AvgIpc) is 2.99. The summed E-state index contributed by atoms with van der Waals surface area (Å²) in [7, 11) is 0. The first-order valence-electron chi connectivity index (χ1n) is 8.18. The van der Waals surface area contributed by atoms with Crippen LogP contribution in [0.3, 0.4) is 0 Å². The van der Waals surface area contributed by atoms with Crippen molar-refractivity contribution in [3.8, 4) is 0 Å². The third-order valence-electron chi connectivity index (χ3n) is 4.16. The number of hydrogen-bond acceptors (Lipinski definition) is 3. The molecule has 0 amide bonds. The van der Waals surface area contributed by atoms with Crippen LogP contribution in [0.15, 0.2) is 24.3 Å². The van der Waals surface area contributed by atoms with E-state index in [0.29, 0.717) is 24.6 Å². The molecule has 1 fully saturated rings. The minimum absolute atomic E-state index is 0.294. The first kappa shape index (κ1) is 16.5. The summed E-state index contributed by atoms with van der Waals surface area (Å²) in [4.78, 5) is 0. The Labute approximate surface area is 128 Å². The largest absolute Gasteiger partial charge is 0.387 e. The third kappa shape index (κ3) is 5.10. The molecule has 118 valence electrons. The van der Waals surface area contributed by atoms with Gasteiger partial charge in [-0.2, -0.15) is 0 Å². The molecular weight excluding hydrogens is 262 g/mol. The molecular formula is C18H29NO2. The van der Waals surface area contributed by atoms with Gasteiger partial charge in [-0.1, -0.05) is 38.1 Å². The first-order valence-corrected chi connectivity index (χ1v) is 8.18. The summed E-state index contributed by atoms with van der Waals surface area (Å²) >= 11 is 0. The predicted molar refractivity (Wildman–Crippen MR) is 86.4 cm³/mol. The zero-order chi connectivity index (χ0) is 15.2. The van der Waals surface area contributed by atoms with E-state index in [1.165, 1.54) is 5.56 Å². The summed E-state index contributed by atoms with van der Waals surface area (Å²) in [6, 6.07) is 8.63. The lowest BCUT2D eigenvalue weighted by atomic mass is 10.00. The second-order valence-corrected chi connectivity index (χ2v) is 6.60. The molecule has 2 rings (SSSR count). The zero-order valence-electron chi connectivity index (χ0n) is 13.5. The monoisotopic (exact) mass is 291 g/mol. The number of aliphatic hydroxyl groups excluding tert-OH is 1. The molecule has 0 saturated carbocycles. The Morgan fingerprint density at radius 1 is 1.24 bits per heavy atom. The highest BCUT2D eigenvalue weighted by molar-refractivity contribution is 5.24. The lowest BCUT2D eigenvalue weighted by molar-refractivity contribution is 0.0765. The molecule has 21 heavy (non-hydrogen) atoms. The highest BCUT2D eigenvalue weighted by Gasteiger charge is 2.22. The number of benzene rings is 1. The molecule has 3 nitrogen and oxygen atoms in total. The van der Waals surface area contributed by atoms with Crippen LogP contribution in [0.4, 0.5) is 0 Å². The summed E-state index contributed by atoms with van der Waals surface area (Å²) in [6.07, 6.45) is 3.20. The van der Waals surface area contributed by atoms with Crippen molar-refractivity contribution in [2.75, 3.05) is 13.2 Å². The summed E-state index contributed by atoms with van der Waals surface area (Å²) in [5.74, 6) is 0.662. The van der Waals surface area contributed by atoms with Gasteiger partial charge < -0.3 is 15.2 Å². The van der Waals surface area contributed by atoms with E-state index in [4.69, 9.17) is 4.74 Å². The molecule has 0 aliphatic carbocycles. The lowest BCUT2D eigenvalue weighted by Gasteiger charge is -2.22. The van der Waals surface area contributed by atoms with Crippen molar-refractivity contribution in [2.45, 2.75) is 58.3 Å². The van der Waals surface area contributed by atoms with Gasteiger partial charge in [-0.3, -0.25) is 0 Å². The van der Waals surface area contributed by atoms with Crippen molar-refractivity contribution in [1.82, 2.24) is 5.32 Å². The summed E-state index contributed by atoms with van der Waals surface area (Å²) < 4.78 is 5.66. The molecule has 1 aromatic rings. The maximum absolute atomic E-state index is 10.3. The topological polar surface area (TPSA) is 41.5 Å². The Kier molecular flexibility index (Phi) is 6.22. The Morgan fingerprint density at radius 3 is 2.52 bits per heavy atom. The van der Waals surface area contributed by atoms with E-state index in [0.717, 1.165) is 31.4 Å². The number of rotatable bonds is 7. The van der Waals surface area contributed by atoms with Crippen LogP contribution < -0.4 is 5.32 Å². The smallest absolute Gasteiger partial charge is 0.0914 e. The van der Waals surface area contributed by atoms with Crippen LogP contribution in [0.5, 0.6) is 0 Å². The molecule has 0 aromatic heterocycles. The highest BCUT2D eigenvalue weighted by Crippen LogP contribution is 2.18. The van der Waals surface area contributed by atoms with Crippen LogP contribution in [0.1, 0.15) is 50.8 Å². The number of nitrogens with one attached hydrogen (secondary N) is 1. The summed E-state index contributed by atoms with van der Waals surface area (Å²) in [6.45, 7) is 8.02. The molecule has 0 radical (unpaired) electrons. The van der Waals surface area contributed by atoms with Crippen molar-refractivity contribution >= 4 is 0 Å². The number of hydrogen-bond donors (Lipinski definition) is 2. The molecule has 1 aliphatic heterocycles. The number of ether oxygens (including phenoxy) is 1. The van der Waals surface area contributed by atoms with Gasteiger partial charge >= 0.3 is 0 Å². The maximum Gasteiger partial charge on any atom is 0.0914 e. The molecule has 3 heteroatoms. The van der Waals surface area contributed by atoms with Gasteiger partial charge in [0.05, 0.1) is 12.2 Å². The Hall–Kier alpha value is -0.900. The van der Waals surface area contributed by atoms with E-state index < -0.39 is 6.10 Å². The van der Waals surface area contributed by atoms with Crippen LogP contribution in [0.2, 0.25) is 0 Å². The van der Waals surface area contributed by atoms with E-state index in [2.05, 4.69) is 38.2 Å². The van der Waals surface area contributed by atoms with Crippen LogP contribution in [0.25, 0.3) is 0 Å². The molecule has 0 bridgehead atoms.